The van der Waals surface area contributed by atoms with E-state index in [1.807, 2.05) is 19.2 Å². The lowest BCUT2D eigenvalue weighted by molar-refractivity contribution is -0.116. The summed E-state index contributed by atoms with van der Waals surface area (Å²) >= 11 is 1.14. The zero-order valence-electron chi connectivity index (χ0n) is 20.7. The molecule has 3 aromatic rings. The summed E-state index contributed by atoms with van der Waals surface area (Å²) in [6.45, 7) is 1.29. The van der Waals surface area contributed by atoms with Gasteiger partial charge in [0.25, 0.3) is 0 Å². The van der Waals surface area contributed by atoms with Gasteiger partial charge in [-0.25, -0.2) is 13.1 Å². The third-order valence-electron chi connectivity index (χ3n) is 5.38. The molecule has 2 aromatic carbocycles. The number of alkyl halides is 3. The molecule has 1 unspecified atom stereocenters. The minimum atomic E-state index is -5.47. The van der Waals surface area contributed by atoms with Crippen molar-refractivity contribution in [2.75, 3.05) is 18.1 Å². The van der Waals surface area contributed by atoms with Gasteiger partial charge in [-0.2, -0.15) is 13.2 Å². The Bertz CT molecular complexity index is 1480. The molecule has 15 heteroatoms. The van der Waals surface area contributed by atoms with E-state index in [9.17, 15) is 30.9 Å². The number of amidine groups is 1. The Morgan fingerprint density at radius 3 is 2.54 bits per heavy atom. The molecular weight excluding hydrogens is 594 g/mol. The average molecular weight is 619 g/mol. The van der Waals surface area contributed by atoms with Crippen LogP contribution in [0.4, 0.5) is 18.9 Å². The normalized spacial score (nSPS) is 12.8. The van der Waals surface area contributed by atoms with E-state index in [4.69, 9.17) is 11.1 Å². The molecule has 1 amide bonds. The highest BCUT2D eigenvalue weighted by molar-refractivity contribution is 8.01. The molecule has 0 aliphatic carbocycles. The second-order valence-corrected chi connectivity index (χ2v) is 13.5. The van der Waals surface area contributed by atoms with Gasteiger partial charge in [0.05, 0.1) is 4.88 Å². The first-order chi connectivity index (χ1) is 18.2. The van der Waals surface area contributed by atoms with Crippen LogP contribution in [0.15, 0.2) is 62.5 Å². The van der Waals surface area contributed by atoms with E-state index < -0.39 is 39.2 Å². The predicted molar refractivity (Wildman–Crippen MR) is 149 cm³/mol. The summed E-state index contributed by atoms with van der Waals surface area (Å²) in [5.41, 5.74) is 2.80. The van der Waals surface area contributed by atoms with Gasteiger partial charge in [-0.1, -0.05) is 24.3 Å². The number of thiophene rings is 1. The van der Waals surface area contributed by atoms with Crippen molar-refractivity contribution in [1.29, 1.82) is 5.41 Å². The third kappa shape index (κ3) is 7.55. The van der Waals surface area contributed by atoms with Gasteiger partial charge < -0.3 is 15.6 Å². The van der Waals surface area contributed by atoms with Crippen molar-refractivity contribution < 1.29 is 30.9 Å². The molecule has 39 heavy (non-hydrogen) atoms. The zero-order chi connectivity index (χ0) is 29.0. The van der Waals surface area contributed by atoms with Gasteiger partial charge >= 0.3 is 15.5 Å². The maximum atomic E-state index is 13.5. The summed E-state index contributed by atoms with van der Waals surface area (Å²) in [7, 11) is -5.47. The number of aryl methyl sites for hydroxylation is 1. The fourth-order valence-corrected chi connectivity index (χ4v) is 7.62. The first kappa shape index (κ1) is 31.0. The Hall–Kier alpha value is -2.56. The van der Waals surface area contributed by atoms with Crippen LogP contribution in [0, 0.1) is 12.3 Å². The molecule has 0 bridgehead atoms. The molecule has 0 saturated carbocycles. The third-order valence-corrected chi connectivity index (χ3v) is 10.5. The monoisotopic (exact) mass is 618 g/mol. The number of carbonyl (C=O) groups excluding carboxylic acids is 1. The van der Waals surface area contributed by atoms with E-state index in [-0.39, 0.29) is 18.7 Å². The lowest BCUT2D eigenvalue weighted by atomic mass is 9.98. The Balaban J connectivity index is 1.80. The topological polar surface area (TPSA) is 148 Å². The Morgan fingerprint density at radius 1 is 1.21 bits per heavy atom. The summed E-state index contributed by atoms with van der Waals surface area (Å²) in [4.78, 5) is 14.1. The number of nitrogens with one attached hydrogen (secondary N) is 3. The standard InChI is InChI=1S/C24H25F3N4O4S4/c1-14-6-3-9-17(31-20(32)10-5-11-30-39(34,35)24(25,26)27)21(14)15-7-4-8-16(12-15)38(33)19-13-18(22(28)29)37-23(19)36-2/h3-4,6-9,12-13,30H,5,10-11H2,1-2H3,(H3,28,29)(H,31,32). The molecule has 210 valence electrons. The van der Waals surface area contributed by atoms with Crippen LogP contribution in [0.5, 0.6) is 0 Å². The smallest absolute Gasteiger partial charge is 0.511 e. The maximum Gasteiger partial charge on any atom is 0.511 e. The minimum Gasteiger partial charge on any atom is -0.606 e. The highest BCUT2D eigenvalue weighted by atomic mass is 32.2. The Kier molecular flexibility index (Phi) is 10.1. The van der Waals surface area contributed by atoms with E-state index in [1.165, 1.54) is 27.8 Å². The number of nitrogens with two attached hydrogens (primary N) is 1. The first-order valence-electron chi connectivity index (χ1n) is 11.2. The fraction of sp³-hybridized carbons (Fsp3) is 0.250. The van der Waals surface area contributed by atoms with Crippen molar-refractivity contribution in [3.05, 3.63) is 59.0 Å². The van der Waals surface area contributed by atoms with E-state index in [2.05, 4.69) is 5.32 Å². The average Bonchev–Trinajstić information content (AvgIpc) is 3.31. The van der Waals surface area contributed by atoms with Gasteiger partial charge in [0.1, 0.15) is 10.0 Å². The SMILES string of the molecule is CSc1sc(C(=N)N)cc1[S+]([O-])c1cccc(-c2c(C)cccc2NC(=O)CCCNS(=O)(=O)C(F)(F)F)c1. The summed E-state index contributed by atoms with van der Waals surface area (Å²) in [6, 6.07) is 13.9. The van der Waals surface area contributed by atoms with Crippen molar-refractivity contribution in [3.8, 4) is 11.1 Å². The molecule has 0 aliphatic heterocycles. The molecule has 3 rings (SSSR count). The van der Waals surface area contributed by atoms with Gasteiger partial charge in [-0.05, 0) is 42.9 Å². The number of thioether (sulfide) groups is 1. The van der Waals surface area contributed by atoms with Crippen LogP contribution in [0.3, 0.4) is 0 Å². The van der Waals surface area contributed by atoms with Crippen LogP contribution in [-0.4, -0.2) is 43.0 Å². The van der Waals surface area contributed by atoms with Crippen LogP contribution < -0.4 is 15.8 Å². The highest BCUT2D eigenvalue weighted by Crippen LogP contribution is 2.39. The van der Waals surface area contributed by atoms with Crippen molar-refractivity contribution in [3.63, 3.8) is 0 Å². The second-order valence-electron chi connectivity index (χ2n) is 8.17. The number of rotatable bonds is 11. The minimum absolute atomic E-state index is 0.106. The molecule has 0 fully saturated rings. The summed E-state index contributed by atoms with van der Waals surface area (Å²) < 4.78 is 75.2. The summed E-state index contributed by atoms with van der Waals surface area (Å²) in [5.74, 6) is -0.613. The van der Waals surface area contributed by atoms with Crippen LogP contribution in [0.25, 0.3) is 11.1 Å². The number of halogens is 3. The molecule has 0 spiro atoms. The molecule has 0 radical (unpaired) electrons. The zero-order valence-corrected chi connectivity index (χ0v) is 24.0. The number of hydrogen-bond donors (Lipinski definition) is 4. The van der Waals surface area contributed by atoms with Gasteiger partial charge in [0.2, 0.25) is 5.91 Å². The molecule has 8 nitrogen and oxygen atoms in total. The van der Waals surface area contributed by atoms with Crippen molar-refractivity contribution in [1.82, 2.24) is 4.72 Å². The Labute approximate surface area is 235 Å². The number of anilines is 1. The summed E-state index contributed by atoms with van der Waals surface area (Å²) in [5, 5.41) is 10.4. The molecular formula is C24H25F3N4O4S4. The van der Waals surface area contributed by atoms with E-state index in [0.717, 1.165) is 9.77 Å². The molecule has 0 aliphatic rings. The van der Waals surface area contributed by atoms with Crippen LogP contribution >= 0.6 is 23.1 Å². The van der Waals surface area contributed by atoms with E-state index in [1.54, 1.807) is 42.5 Å². The van der Waals surface area contributed by atoms with Crippen LogP contribution in [-0.2, 0) is 26.0 Å². The lowest BCUT2D eigenvalue weighted by Gasteiger charge is -2.16. The highest BCUT2D eigenvalue weighted by Gasteiger charge is 2.45. The van der Waals surface area contributed by atoms with Crippen LogP contribution in [0.2, 0.25) is 0 Å². The first-order valence-corrected chi connectivity index (χ1v) is 15.9. The number of hydrogen-bond acceptors (Lipinski definition) is 7. The van der Waals surface area contributed by atoms with Crippen molar-refractivity contribution >= 4 is 61.7 Å². The molecule has 1 aromatic heterocycles. The number of benzene rings is 2. The Morgan fingerprint density at radius 2 is 1.90 bits per heavy atom. The number of carbonyl (C=O) groups is 1. The van der Waals surface area contributed by atoms with Crippen molar-refractivity contribution in [2.45, 2.75) is 39.3 Å². The van der Waals surface area contributed by atoms with Gasteiger partial charge in [-0.3, -0.25) is 10.2 Å². The largest absolute Gasteiger partial charge is 0.606 e. The second kappa shape index (κ2) is 12.7. The molecule has 1 atom stereocenters. The number of amides is 1. The van der Waals surface area contributed by atoms with Crippen molar-refractivity contribution in [2.24, 2.45) is 5.73 Å². The van der Waals surface area contributed by atoms with E-state index >= 15 is 0 Å². The maximum absolute atomic E-state index is 13.5. The van der Waals surface area contributed by atoms with E-state index in [0.29, 0.717) is 31.5 Å². The number of nitrogen functional groups attached to an aromatic ring is 1. The fourth-order valence-electron chi connectivity index (χ4n) is 3.56. The molecule has 0 saturated heterocycles. The van der Waals surface area contributed by atoms with Crippen LogP contribution in [0.1, 0.15) is 23.3 Å². The lowest BCUT2D eigenvalue weighted by Crippen LogP contribution is -2.37. The molecule has 5 N–H and O–H groups in total. The predicted octanol–water partition coefficient (Wildman–Crippen LogP) is 5.05. The summed E-state index contributed by atoms with van der Waals surface area (Å²) in [6.07, 6.45) is 1.49. The molecule has 1 heterocycles. The van der Waals surface area contributed by atoms with Gasteiger partial charge in [0, 0.05) is 47.5 Å². The quantitative estimate of drug-likeness (QED) is 0.0777. The van der Waals surface area contributed by atoms with Gasteiger partial charge in [0.15, 0.2) is 9.79 Å². The van der Waals surface area contributed by atoms with Gasteiger partial charge in [-0.15, -0.1) is 23.1 Å². The number of sulfonamides is 1.